The molecule has 5 heteroatoms. The molecule has 0 aliphatic carbocycles. The van der Waals surface area contributed by atoms with Crippen LogP contribution in [0.25, 0.3) is 0 Å². The topological polar surface area (TPSA) is 62.2 Å². The summed E-state index contributed by atoms with van der Waals surface area (Å²) in [5, 5.41) is 11.5. The number of halogens is 1. The first-order valence-corrected chi connectivity index (χ1v) is 5.82. The Bertz CT molecular complexity index is 573. The van der Waals surface area contributed by atoms with E-state index in [0.717, 1.165) is 11.6 Å². The number of hydrogen-bond donors (Lipinski definition) is 2. The van der Waals surface area contributed by atoms with Crippen LogP contribution in [0, 0.1) is 5.82 Å². The van der Waals surface area contributed by atoms with Gasteiger partial charge in [0.25, 0.3) is 0 Å². The van der Waals surface area contributed by atoms with Crippen LogP contribution in [0.3, 0.4) is 0 Å². The molecule has 0 saturated carbocycles. The van der Waals surface area contributed by atoms with Gasteiger partial charge >= 0.3 is 0 Å². The molecule has 0 saturated heterocycles. The Labute approximate surface area is 109 Å². The predicted molar refractivity (Wildman–Crippen MR) is 69.3 cm³/mol. The normalized spacial score (nSPS) is 10.2. The third-order valence-electron chi connectivity index (χ3n) is 2.62. The molecule has 0 unspecified atom stereocenters. The molecule has 2 N–H and O–H groups in total. The highest BCUT2D eigenvalue weighted by Gasteiger charge is 2.07. The van der Waals surface area contributed by atoms with Crippen molar-refractivity contribution in [2.45, 2.75) is 12.8 Å². The zero-order chi connectivity index (χ0) is 13.7. The smallest absolute Gasteiger partial charge is 0.224 e. The van der Waals surface area contributed by atoms with E-state index in [4.69, 9.17) is 5.11 Å². The highest BCUT2D eigenvalue weighted by molar-refractivity contribution is 5.91. The van der Waals surface area contributed by atoms with E-state index in [0.29, 0.717) is 6.42 Å². The number of nitrogens with one attached hydrogen (secondary N) is 1. The molecule has 1 aromatic heterocycles. The molecule has 1 heterocycles. The number of aryl methyl sites for hydroxylation is 1. The average Bonchev–Trinajstić information content (AvgIpc) is 2.41. The van der Waals surface area contributed by atoms with Crippen LogP contribution in [0.4, 0.5) is 10.1 Å². The predicted octanol–water partition coefficient (Wildman–Crippen LogP) is 2.50. The SMILES string of the molecule is O=C(CCc1ccncc1)Nc1ccc(O)cc1F. The van der Waals surface area contributed by atoms with Gasteiger partial charge in [0.2, 0.25) is 5.91 Å². The maximum atomic E-state index is 13.4. The summed E-state index contributed by atoms with van der Waals surface area (Å²) in [6.07, 6.45) is 4.14. The number of aromatic nitrogens is 1. The molecule has 0 radical (unpaired) electrons. The van der Waals surface area contributed by atoms with E-state index in [1.165, 1.54) is 12.1 Å². The number of carbonyl (C=O) groups is 1. The number of pyridine rings is 1. The number of amides is 1. The second-order valence-electron chi connectivity index (χ2n) is 4.07. The molecule has 2 aromatic rings. The summed E-state index contributed by atoms with van der Waals surface area (Å²) in [4.78, 5) is 15.6. The highest BCUT2D eigenvalue weighted by Crippen LogP contribution is 2.19. The number of hydrogen-bond acceptors (Lipinski definition) is 3. The molecule has 1 aromatic carbocycles. The number of benzene rings is 1. The van der Waals surface area contributed by atoms with Gasteiger partial charge < -0.3 is 10.4 Å². The van der Waals surface area contributed by atoms with Crippen LogP contribution in [0.2, 0.25) is 0 Å². The maximum Gasteiger partial charge on any atom is 0.224 e. The van der Waals surface area contributed by atoms with Gasteiger partial charge in [0.05, 0.1) is 5.69 Å². The van der Waals surface area contributed by atoms with Crippen LogP contribution >= 0.6 is 0 Å². The summed E-state index contributed by atoms with van der Waals surface area (Å²) >= 11 is 0. The van der Waals surface area contributed by atoms with Gasteiger partial charge in [0.15, 0.2) is 0 Å². The van der Waals surface area contributed by atoms with Crippen LogP contribution in [0.5, 0.6) is 5.75 Å². The lowest BCUT2D eigenvalue weighted by molar-refractivity contribution is -0.116. The number of rotatable bonds is 4. The number of phenols is 1. The van der Waals surface area contributed by atoms with E-state index >= 15 is 0 Å². The molecule has 0 aliphatic rings. The lowest BCUT2D eigenvalue weighted by Gasteiger charge is -2.06. The molecule has 2 rings (SSSR count). The van der Waals surface area contributed by atoms with Gasteiger partial charge in [-0.15, -0.1) is 0 Å². The number of aromatic hydroxyl groups is 1. The Morgan fingerprint density at radius 1 is 1.26 bits per heavy atom. The fourth-order valence-corrected chi connectivity index (χ4v) is 1.63. The third-order valence-corrected chi connectivity index (χ3v) is 2.62. The first kappa shape index (κ1) is 13.0. The summed E-state index contributed by atoms with van der Waals surface area (Å²) in [6, 6.07) is 7.26. The van der Waals surface area contributed by atoms with E-state index in [1.807, 2.05) is 12.1 Å². The molecule has 98 valence electrons. The Balaban J connectivity index is 1.91. The van der Waals surface area contributed by atoms with E-state index in [-0.39, 0.29) is 23.8 Å². The quantitative estimate of drug-likeness (QED) is 0.830. The Kier molecular flexibility index (Phi) is 4.07. The van der Waals surface area contributed by atoms with Crippen molar-refractivity contribution in [1.82, 2.24) is 4.98 Å². The van der Waals surface area contributed by atoms with Crippen molar-refractivity contribution in [2.24, 2.45) is 0 Å². The lowest BCUT2D eigenvalue weighted by atomic mass is 10.1. The monoisotopic (exact) mass is 260 g/mol. The standard InChI is InChI=1S/C14H13FN2O2/c15-12-9-11(18)2-3-13(12)17-14(19)4-1-10-5-7-16-8-6-10/h2-3,5-9,18H,1,4H2,(H,17,19). The van der Waals surface area contributed by atoms with Crippen molar-refractivity contribution in [3.8, 4) is 5.75 Å². The molecule has 0 fully saturated rings. The van der Waals surface area contributed by atoms with Crippen molar-refractivity contribution in [1.29, 1.82) is 0 Å². The van der Waals surface area contributed by atoms with E-state index in [2.05, 4.69) is 10.3 Å². The van der Waals surface area contributed by atoms with Crippen LogP contribution in [0.15, 0.2) is 42.7 Å². The second-order valence-corrected chi connectivity index (χ2v) is 4.07. The van der Waals surface area contributed by atoms with Crippen molar-refractivity contribution in [3.63, 3.8) is 0 Å². The van der Waals surface area contributed by atoms with Gasteiger partial charge in [-0.2, -0.15) is 0 Å². The van der Waals surface area contributed by atoms with Gasteiger partial charge in [-0.3, -0.25) is 9.78 Å². The maximum absolute atomic E-state index is 13.4. The Hall–Kier alpha value is -2.43. The van der Waals surface area contributed by atoms with Gasteiger partial charge in [0, 0.05) is 24.9 Å². The van der Waals surface area contributed by atoms with Gasteiger partial charge in [-0.25, -0.2) is 4.39 Å². The minimum Gasteiger partial charge on any atom is -0.508 e. The summed E-state index contributed by atoms with van der Waals surface area (Å²) in [7, 11) is 0. The molecule has 19 heavy (non-hydrogen) atoms. The van der Waals surface area contributed by atoms with E-state index in [1.54, 1.807) is 12.4 Å². The van der Waals surface area contributed by atoms with Gasteiger partial charge in [-0.1, -0.05) is 0 Å². The van der Waals surface area contributed by atoms with E-state index < -0.39 is 5.82 Å². The summed E-state index contributed by atoms with van der Waals surface area (Å²) in [6.45, 7) is 0. The van der Waals surface area contributed by atoms with Crippen LogP contribution < -0.4 is 5.32 Å². The molecule has 0 atom stereocenters. The van der Waals surface area contributed by atoms with Crippen LogP contribution in [0.1, 0.15) is 12.0 Å². The van der Waals surface area contributed by atoms with Crippen molar-refractivity contribution < 1.29 is 14.3 Å². The molecule has 0 aliphatic heterocycles. The number of nitrogens with zero attached hydrogens (tertiary/aromatic N) is 1. The molecule has 4 nitrogen and oxygen atoms in total. The molecular formula is C14H13FN2O2. The van der Waals surface area contributed by atoms with Crippen molar-refractivity contribution >= 4 is 11.6 Å². The number of anilines is 1. The average molecular weight is 260 g/mol. The molecule has 1 amide bonds. The first-order chi connectivity index (χ1) is 9.15. The summed E-state index contributed by atoms with van der Waals surface area (Å²) in [5.41, 5.74) is 1.06. The fourth-order valence-electron chi connectivity index (χ4n) is 1.63. The van der Waals surface area contributed by atoms with Crippen LogP contribution in [-0.2, 0) is 11.2 Å². The van der Waals surface area contributed by atoms with Crippen molar-refractivity contribution in [2.75, 3.05) is 5.32 Å². The minimum absolute atomic E-state index is 0.0672. The molecule has 0 bridgehead atoms. The highest BCUT2D eigenvalue weighted by atomic mass is 19.1. The second kappa shape index (κ2) is 5.95. The van der Waals surface area contributed by atoms with Crippen LogP contribution in [-0.4, -0.2) is 16.0 Å². The first-order valence-electron chi connectivity index (χ1n) is 5.82. The molecular weight excluding hydrogens is 247 g/mol. The summed E-state index contributed by atoms with van der Waals surface area (Å²) in [5.74, 6) is -1.11. The van der Waals surface area contributed by atoms with Gasteiger partial charge in [0.1, 0.15) is 11.6 Å². The minimum atomic E-state index is -0.655. The van der Waals surface area contributed by atoms with Gasteiger partial charge in [-0.05, 0) is 36.2 Å². The zero-order valence-electron chi connectivity index (χ0n) is 10.1. The Morgan fingerprint density at radius 3 is 2.68 bits per heavy atom. The molecule has 0 spiro atoms. The van der Waals surface area contributed by atoms with Crippen molar-refractivity contribution in [3.05, 3.63) is 54.1 Å². The zero-order valence-corrected chi connectivity index (χ0v) is 10.1. The third kappa shape index (κ3) is 3.77. The number of carbonyl (C=O) groups excluding carboxylic acids is 1. The largest absolute Gasteiger partial charge is 0.508 e. The number of phenolic OH excluding ortho intramolecular Hbond substituents is 1. The fraction of sp³-hybridized carbons (Fsp3) is 0.143. The lowest BCUT2D eigenvalue weighted by Crippen LogP contribution is -2.13. The summed E-state index contributed by atoms with van der Waals surface area (Å²) < 4.78 is 13.4. The Morgan fingerprint density at radius 2 is 2.00 bits per heavy atom. The van der Waals surface area contributed by atoms with E-state index in [9.17, 15) is 9.18 Å².